The number of carbonyl (C=O) groups is 1. The highest BCUT2D eigenvalue weighted by atomic mass is 16.5. The van der Waals surface area contributed by atoms with E-state index in [1.54, 1.807) is 13.3 Å². The van der Waals surface area contributed by atoms with Crippen LogP contribution in [-0.4, -0.2) is 29.4 Å². The molecule has 3 aromatic rings. The highest BCUT2D eigenvalue weighted by Crippen LogP contribution is 2.35. The fourth-order valence-corrected chi connectivity index (χ4v) is 3.99. The SMILES string of the molecule is COc1cccc([C@H]2CCCN2C(=O)c2cccc(-c3ccncc3C)c2)c1. The summed E-state index contributed by atoms with van der Waals surface area (Å²) in [6, 6.07) is 18.0. The number of ether oxygens (including phenoxy) is 1. The van der Waals surface area contributed by atoms with Gasteiger partial charge in [-0.2, -0.15) is 0 Å². The molecule has 1 atom stereocenters. The second-order valence-corrected chi connectivity index (χ2v) is 7.20. The van der Waals surface area contributed by atoms with E-state index in [0.29, 0.717) is 0 Å². The van der Waals surface area contributed by atoms with Crippen molar-refractivity contribution in [3.8, 4) is 16.9 Å². The Morgan fingerprint density at radius 1 is 1.14 bits per heavy atom. The van der Waals surface area contributed by atoms with E-state index in [1.807, 2.05) is 66.6 Å². The summed E-state index contributed by atoms with van der Waals surface area (Å²) in [5, 5.41) is 0. The molecule has 0 saturated carbocycles. The minimum atomic E-state index is 0.0823. The molecule has 4 heteroatoms. The van der Waals surface area contributed by atoms with Gasteiger partial charge < -0.3 is 9.64 Å². The minimum Gasteiger partial charge on any atom is -0.497 e. The molecule has 28 heavy (non-hydrogen) atoms. The van der Waals surface area contributed by atoms with Crippen molar-refractivity contribution in [2.45, 2.75) is 25.8 Å². The van der Waals surface area contributed by atoms with Crippen LogP contribution in [0.2, 0.25) is 0 Å². The molecule has 142 valence electrons. The number of benzene rings is 2. The van der Waals surface area contributed by atoms with Crippen LogP contribution < -0.4 is 4.74 Å². The third kappa shape index (κ3) is 3.50. The third-order valence-corrected chi connectivity index (χ3v) is 5.43. The maximum atomic E-state index is 13.3. The van der Waals surface area contributed by atoms with Crippen LogP contribution in [0.3, 0.4) is 0 Å². The number of pyridine rings is 1. The zero-order valence-electron chi connectivity index (χ0n) is 16.3. The third-order valence-electron chi connectivity index (χ3n) is 5.43. The highest BCUT2D eigenvalue weighted by molar-refractivity contribution is 5.96. The standard InChI is InChI=1S/C24H24N2O2/c1-17-16-25-12-11-22(17)18-6-3-8-20(14-18)24(27)26-13-5-10-23(26)19-7-4-9-21(15-19)28-2/h3-4,6-9,11-12,14-16,23H,5,10,13H2,1-2H3/t23-/m1/s1. The van der Waals surface area contributed by atoms with Crippen molar-refractivity contribution in [1.82, 2.24) is 9.88 Å². The fourth-order valence-electron chi connectivity index (χ4n) is 3.99. The van der Waals surface area contributed by atoms with E-state index in [9.17, 15) is 4.79 Å². The minimum absolute atomic E-state index is 0.0823. The van der Waals surface area contributed by atoms with Crippen LogP contribution >= 0.6 is 0 Å². The summed E-state index contributed by atoms with van der Waals surface area (Å²) in [6.07, 6.45) is 5.62. The smallest absolute Gasteiger partial charge is 0.254 e. The maximum Gasteiger partial charge on any atom is 0.254 e. The van der Waals surface area contributed by atoms with E-state index in [4.69, 9.17) is 4.74 Å². The summed E-state index contributed by atoms with van der Waals surface area (Å²) in [5.74, 6) is 0.908. The van der Waals surface area contributed by atoms with Crippen LogP contribution in [0.25, 0.3) is 11.1 Å². The summed E-state index contributed by atoms with van der Waals surface area (Å²) >= 11 is 0. The molecule has 0 spiro atoms. The molecular weight excluding hydrogens is 348 g/mol. The first-order chi connectivity index (χ1) is 13.7. The van der Waals surface area contributed by atoms with E-state index in [2.05, 4.69) is 11.1 Å². The lowest BCUT2D eigenvalue weighted by molar-refractivity contribution is 0.0735. The molecule has 1 amide bonds. The van der Waals surface area contributed by atoms with Gasteiger partial charge in [0, 0.05) is 24.5 Å². The maximum absolute atomic E-state index is 13.3. The number of rotatable bonds is 4. The van der Waals surface area contributed by atoms with Crippen LogP contribution in [-0.2, 0) is 0 Å². The van der Waals surface area contributed by atoms with E-state index in [0.717, 1.165) is 53.0 Å². The molecule has 0 aliphatic carbocycles. The number of hydrogen-bond donors (Lipinski definition) is 0. The van der Waals surface area contributed by atoms with Gasteiger partial charge in [-0.05, 0) is 72.4 Å². The van der Waals surface area contributed by atoms with Gasteiger partial charge >= 0.3 is 0 Å². The van der Waals surface area contributed by atoms with Crippen LogP contribution in [0.1, 0.15) is 40.4 Å². The van der Waals surface area contributed by atoms with E-state index < -0.39 is 0 Å². The van der Waals surface area contributed by atoms with Gasteiger partial charge in [0.1, 0.15) is 5.75 Å². The molecular formula is C24H24N2O2. The van der Waals surface area contributed by atoms with E-state index in [-0.39, 0.29) is 11.9 Å². The predicted molar refractivity (Wildman–Crippen MR) is 110 cm³/mol. The summed E-state index contributed by atoms with van der Waals surface area (Å²) < 4.78 is 5.36. The lowest BCUT2D eigenvalue weighted by Crippen LogP contribution is -2.30. The number of aromatic nitrogens is 1. The molecule has 0 bridgehead atoms. The molecule has 1 fully saturated rings. The molecule has 1 aliphatic heterocycles. The predicted octanol–water partition coefficient (Wildman–Crippen LogP) is 5.04. The normalized spacial score (nSPS) is 16.2. The van der Waals surface area contributed by atoms with E-state index in [1.165, 1.54) is 0 Å². The first-order valence-electron chi connectivity index (χ1n) is 9.63. The Bertz CT molecular complexity index is 999. The number of hydrogen-bond acceptors (Lipinski definition) is 3. The molecule has 2 aromatic carbocycles. The largest absolute Gasteiger partial charge is 0.497 e. The Balaban J connectivity index is 1.63. The van der Waals surface area contributed by atoms with Gasteiger partial charge in [-0.15, -0.1) is 0 Å². The van der Waals surface area contributed by atoms with Crippen LogP contribution in [0.5, 0.6) is 5.75 Å². The van der Waals surface area contributed by atoms with Crippen LogP contribution in [0, 0.1) is 6.92 Å². The van der Waals surface area contributed by atoms with Crippen molar-refractivity contribution in [3.63, 3.8) is 0 Å². The Morgan fingerprint density at radius 2 is 2.00 bits per heavy atom. The first kappa shape index (κ1) is 18.2. The molecule has 0 N–H and O–H groups in total. The van der Waals surface area contributed by atoms with Crippen molar-refractivity contribution in [1.29, 1.82) is 0 Å². The number of likely N-dealkylation sites (tertiary alicyclic amines) is 1. The Hall–Kier alpha value is -3.14. The van der Waals surface area contributed by atoms with Crippen LogP contribution in [0.4, 0.5) is 0 Å². The van der Waals surface area contributed by atoms with Crippen molar-refractivity contribution in [3.05, 3.63) is 83.7 Å². The lowest BCUT2D eigenvalue weighted by atomic mass is 9.99. The van der Waals surface area contributed by atoms with E-state index >= 15 is 0 Å². The molecule has 2 heterocycles. The second-order valence-electron chi connectivity index (χ2n) is 7.20. The van der Waals surface area contributed by atoms with Crippen molar-refractivity contribution < 1.29 is 9.53 Å². The summed E-state index contributed by atoms with van der Waals surface area (Å²) in [6.45, 7) is 2.81. The monoisotopic (exact) mass is 372 g/mol. The fraction of sp³-hybridized carbons (Fsp3) is 0.250. The molecule has 4 nitrogen and oxygen atoms in total. The summed E-state index contributed by atoms with van der Waals surface area (Å²) in [5.41, 5.74) is 5.11. The molecule has 1 saturated heterocycles. The van der Waals surface area contributed by atoms with Gasteiger partial charge in [0.25, 0.3) is 5.91 Å². The van der Waals surface area contributed by atoms with Crippen molar-refractivity contribution >= 4 is 5.91 Å². The van der Waals surface area contributed by atoms with Gasteiger partial charge in [0.2, 0.25) is 0 Å². The quantitative estimate of drug-likeness (QED) is 0.644. The molecule has 0 unspecified atom stereocenters. The number of amides is 1. The molecule has 1 aliphatic rings. The Labute approximate surface area is 165 Å². The number of aryl methyl sites for hydroxylation is 1. The molecule has 4 rings (SSSR count). The molecule has 1 aromatic heterocycles. The van der Waals surface area contributed by atoms with Gasteiger partial charge in [-0.3, -0.25) is 9.78 Å². The lowest BCUT2D eigenvalue weighted by Gasteiger charge is -2.25. The van der Waals surface area contributed by atoms with Gasteiger partial charge in [-0.25, -0.2) is 0 Å². The van der Waals surface area contributed by atoms with Gasteiger partial charge in [0.05, 0.1) is 13.2 Å². The average molecular weight is 372 g/mol. The van der Waals surface area contributed by atoms with Crippen LogP contribution in [0.15, 0.2) is 67.0 Å². The zero-order chi connectivity index (χ0) is 19.5. The summed E-state index contributed by atoms with van der Waals surface area (Å²) in [4.78, 5) is 19.5. The topological polar surface area (TPSA) is 42.4 Å². The number of methoxy groups -OCH3 is 1. The first-order valence-corrected chi connectivity index (χ1v) is 9.63. The Morgan fingerprint density at radius 3 is 2.82 bits per heavy atom. The van der Waals surface area contributed by atoms with Gasteiger partial charge in [-0.1, -0.05) is 24.3 Å². The molecule has 0 radical (unpaired) electrons. The Kier molecular flexibility index (Phi) is 5.11. The zero-order valence-corrected chi connectivity index (χ0v) is 16.3. The second kappa shape index (κ2) is 7.85. The number of nitrogens with zero attached hydrogens (tertiary/aromatic N) is 2. The van der Waals surface area contributed by atoms with Crippen molar-refractivity contribution in [2.24, 2.45) is 0 Å². The summed E-state index contributed by atoms with van der Waals surface area (Å²) in [7, 11) is 1.67. The van der Waals surface area contributed by atoms with Gasteiger partial charge in [0.15, 0.2) is 0 Å². The van der Waals surface area contributed by atoms with Crippen molar-refractivity contribution in [2.75, 3.05) is 13.7 Å². The highest BCUT2D eigenvalue weighted by Gasteiger charge is 2.30. The average Bonchev–Trinajstić information content (AvgIpc) is 3.23. The number of carbonyl (C=O) groups excluding carboxylic acids is 1.